The van der Waals surface area contributed by atoms with Gasteiger partial charge in [-0.25, -0.2) is 9.37 Å². The van der Waals surface area contributed by atoms with E-state index in [0.29, 0.717) is 11.4 Å². The van der Waals surface area contributed by atoms with E-state index < -0.39 is 11.7 Å². The number of carbonyl (C=O) groups is 1. The van der Waals surface area contributed by atoms with Crippen molar-refractivity contribution in [3.63, 3.8) is 0 Å². The Morgan fingerprint density at radius 1 is 1.38 bits per heavy atom. The highest BCUT2D eigenvalue weighted by Gasteiger charge is 2.09. The second-order valence-corrected chi connectivity index (χ2v) is 4.20. The van der Waals surface area contributed by atoms with Crippen LogP contribution in [0.2, 0.25) is 0 Å². The number of aryl methyl sites for hydroxylation is 1. The molecule has 0 spiro atoms. The summed E-state index contributed by atoms with van der Waals surface area (Å²) in [6.07, 6.45) is 2.88. The smallest absolute Gasteiger partial charge is 0.275 e. The summed E-state index contributed by atoms with van der Waals surface area (Å²) in [4.78, 5) is 19.9. The number of benzene rings is 1. The Balaban J connectivity index is 2.19. The van der Waals surface area contributed by atoms with Gasteiger partial charge in [-0.1, -0.05) is 11.8 Å². The van der Waals surface area contributed by atoms with Gasteiger partial charge < -0.3 is 11.1 Å². The van der Waals surface area contributed by atoms with Crippen molar-refractivity contribution in [2.45, 2.75) is 6.92 Å². The zero-order valence-corrected chi connectivity index (χ0v) is 11.4. The molecule has 0 unspecified atom stereocenters. The highest BCUT2D eigenvalue weighted by atomic mass is 19.1. The third-order valence-electron chi connectivity index (χ3n) is 2.56. The highest BCUT2D eigenvalue weighted by molar-refractivity contribution is 6.02. The maximum absolute atomic E-state index is 13.5. The fraction of sp³-hybridized carbons (Fsp3) is 0.133. The Morgan fingerprint density at radius 3 is 2.86 bits per heavy atom. The van der Waals surface area contributed by atoms with Crippen LogP contribution >= 0.6 is 0 Å². The van der Waals surface area contributed by atoms with E-state index in [1.807, 2.05) is 0 Å². The van der Waals surface area contributed by atoms with Crippen molar-refractivity contribution in [1.82, 2.24) is 9.97 Å². The number of nitrogens with two attached hydrogens (primary N) is 1. The lowest BCUT2D eigenvalue weighted by Gasteiger charge is -2.05. The van der Waals surface area contributed by atoms with Gasteiger partial charge in [0.2, 0.25) is 0 Å². The number of aromatic nitrogens is 2. The molecule has 1 amide bonds. The van der Waals surface area contributed by atoms with Gasteiger partial charge in [0.1, 0.15) is 11.5 Å². The van der Waals surface area contributed by atoms with E-state index in [-0.39, 0.29) is 17.8 Å². The quantitative estimate of drug-likeness (QED) is 0.819. The third kappa shape index (κ3) is 3.84. The maximum Gasteiger partial charge on any atom is 0.275 e. The lowest BCUT2D eigenvalue weighted by molar-refractivity contribution is 0.102. The van der Waals surface area contributed by atoms with Crippen LogP contribution < -0.4 is 11.1 Å². The molecule has 3 N–H and O–H groups in total. The predicted molar refractivity (Wildman–Crippen MR) is 77.1 cm³/mol. The van der Waals surface area contributed by atoms with Gasteiger partial charge in [-0.05, 0) is 25.1 Å². The number of nitrogens with zero attached hydrogens (tertiary/aromatic N) is 2. The molecule has 0 radical (unpaired) electrons. The summed E-state index contributed by atoms with van der Waals surface area (Å²) >= 11 is 0. The summed E-state index contributed by atoms with van der Waals surface area (Å²) in [5, 5.41) is 2.61. The highest BCUT2D eigenvalue weighted by Crippen LogP contribution is 2.14. The van der Waals surface area contributed by atoms with Gasteiger partial charge >= 0.3 is 0 Å². The number of hydrogen-bond acceptors (Lipinski definition) is 4. The van der Waals surface area contributed by atoms with Gasteiger partial charge in [-0.2, -0.15) is 0 Å². The molecule has 0 saturated carbocycles. The molecule has 1 aromatic heterocycles. The topological polar surface area (TPSA) is 80.9 Å². The van der Waals surface area contributed by atoms with Crippen molar-refractivity contribution in [2.75, 3.05) is 11.9 Å². The fourth-order valence-electron chi connectivity index (χ4n) is 1.55. The van der Waals surface area contributed by atoms with Crippen LogP contribution in [0, 0.1) is 24.6 Å². The van der Waals surface area contributed by atoms with Crippen molar-refractivity contribution < 1.29 is 9.18 Å². The molecule has 0 saturated heterocycles. The van der Waals surface area contributed by atoms with E-state index in [0.717, 1.165) is 0 Å². The van der Waals surface area contributed by atoms with Gasteiger partial charge in [0.15, 0.2) is 0 Å². The molecule has 6 heteroatoms. The van der Waals surface area contributed by atoms with Crippen molar-refractivity contribution >= 4 is 11.6 Å². The first-order valence-electron chi connectivity index (χ1n) is 6.18. The van der Waals surface area contributed by atoms with Crippen LogP contribution in [-0.2, 0) is 0 Å². The summed E-state index contributed by atoms with van der Waals surface area (Å²) in [5.41, 5.74) is 6.74. The summed E-state index contributed by atoms with van der Waals surface area (Å²) < 4.78 is 13.5. The lowest BCUT2D eigenvalue weighted by atomic mass is 10.2. The molecular weight excluding hydrogens is 271 g/mol. The Morgan fingerprint density at radius 2 is 2.19 bits per heavy atom. The minimum Gasteiger partial charge on any atom is -0.321 e. The molecule has 0 fully saturated rings. The fourth-order valence-corrected chi connectivity index (χ4v) is 1.55. The molecule has 0 atom stereocenters. The van der Waals surface area contributed by atoms with Gasteiger partial charge in [-0.3, -0.25) is 9.78 Å². The number of amides is 1. The van der Waals surface area contributed by atoms with Crippen LogP contribution in [0.5, 0.6) is 0 Å². The number of anilines is 1. The molecule has 0 aliphatic carbocycles. The van der Waals surface area contributed by atoms with Gasteiger partial charge in [-0.15, -0.1) is 0 Å². The van der Waals surface area contributed by atoms with Crippen LogP contribution in [0.1, 0.15) is 21.7 Å². The van der Waals surface area contributed by atoms with E-state index >= 15 is 0 Å². The Labute approximate surface area is 121 Å². The number of nitrogens with one attached hydrogen (secondary N) is 1. The number of rotatable bonds is 2. The van der Waals surface area contributed by atoms with E-state index in [1.165, 1.54) is 30.6 Å². The summed E-state index contributed by atoms with van der Waals surface area (Å²) in [6.45, 7) is 1.91. The van der Waals surface area contributed by atoms with Crippen molar-refractivity contribution in [2.24, 2.45) is 5.73 Å². The van der Waals surface area contributed by atoms with Crippen molar-refractivity contribution in [3.8, 4) is 11.8 Å². The number of hydrogen-bond donors (Lipinski definition) is 2. The molecule has 0 aliphatic rings. The molecule has 1 heterocycles. The van der Waals surface area contributed by atoms with Crippen LogP contribution in [0.25, 0.3) is 0 Å². The zero-order valence-electron chi connectivity index (χ0n) is 11.4. The second kappa shape index (κ2) is 6.59. The molecule has 5 nitrogen and oxygen atoms in total. The van der Waals surface area contributed by atoms with Crippen LogP contribution in [0.3, 0.4) is 0 Å². The zero-order chi connectivity index (χ0) is 15.2. The average Bonchev–Trinajstić information content (AvgIpc) is 2.48. The minimum absolute atomic E-state index is 0.134. The number of carbonyl (C=O) groups excluding carboxylic acids is 1. The van der Waals surface area contributed by atoms with Crippen LogP contribution in [0.15, 0.2) is 30.6 Å². The van der Waals surface area contributed by atoms with Crippen LogP contribution in [-0.4, -0.2) is 22.4 Å². The maximum atomic E-state index is 13.5. The molecule has 2 rings (SSSR count). The first-order chi connectivity index (χ1) is 10.1. The summed E-state index contributed by atoms with van der Waals surface area (Å²) in [5.74, 6) is 4.28. The van der Waals surface area contributed by atoms with E-state index in [1.54, 1.807) is 6.92 Å². The second-order valence-electron chi connectivity index (χ2n) is 4.20. The van der Waals surface area contributed by atoms with E-state index in [9.17, 15) is 9.18 Å². The minimum atomic E-state index is -0.468. The molecule has 1 aromatic carbocycles. The monoisotopic (exact) mass is 284 g/mol. The standard InChI is InChI=1S/C15H13FN4O/c1-10-8-19-14(9-18-10)15(21)20-12-4-5-13(16)11(7-12)3-2-6-17/h4-5,7-9H,6,17H2,1H3,(H,20,21). The van der Waals surface area contributed by atoms with Gasteiger partial charge in [0.25, 0.3) is 5.91 Å². The first kappa shape index (κ1) is 14.6. The molecule has 0 bridgehead atoms. The number of halogens is 1. The van der Waals surface area contributed by atoms with Gasteiger partial charge in [0, 0.05) is 11.9 Å². The Kier molecular flexibility index (Phi) is 4.59. The Hall–Kier alpha value is -2.78. The molecule has 2 aromatic rings. The SMILES string of the molecule is Cc1cnc(C(=O)Nc2ccc(F)c(C#CCN)c2)cn1. The largest absolute Gasteiger partial charge is 0.321 e. The van der Waals surface area contributed by atoms with E-state index in [4.69, 9.17) is 5.73 Å². The molecule has 0 aliphatic heterocycles. The van der Waals surface area contributed by atoms with Gasteiger partial charge in [0.05, 0.1) is 24.0 Å². The predicted octanol–water partition coefficient (Wildman–Crippen LogP) is 1.49. The van der Waals surface area contributed by atoms with Crippen molar-refractivity contribution in [3.05, 3.63) is 53.4 Å². The van der Waals surface area contributed by atoms with E-state index in [2.05, 4.69) is 27.1 Å². The normalized spacial score (nSPS) is 9.67. The molecular formula is C15H13FN4O. The summed E-state index contributed by atoms with van der Waals surface area (Å²) in [7, 11) is 0. The Bertz CT molecular complexity index is 717. The molecule has 21 heavy (non-hydrogen) atoms. The average molecular weight is 284 g/mol. The third-order valence-corrected chi connectivity index (χ3v) is 2.56. The first-order valence-corrected chi connectivity index (χ1v) is 6.18. The van der Waals surface area contributed by atoms with Crippen molar-refractivity contribution in [1.29, 1.82) is 0 Å². The van der Waals surface area contributed by atoms with Crippen LogP contribution in [0.4, 0.5) is 10.1 Å². The lowest BCUT2D eigenvalue weighted by Crippen LogP contribution is -2.14. The summed E-state index contributed by atoms with van der Waals surface area (Å²) in [6, 6.07) is 4.12. The molecule has 106 valence electrons.